The van der Waals surface area contributed by atoms with Crippen LogP contribution in [0.25, 0.3) is 0 Å². The van der Waals surface area contributed by atoms with Gasteiger partial charge < -0.3 is 18.9 Å². The molecule has 71 heavy (non-hydrogen) atoms. The van der Waals surface area contributed by atoms with Gasteiger partial charge in [0.2, 0.25) is 0 Å². The minimum Gasteiger partial charge on any atom is -0.462 e. The third kappa shape index (κ3) is 57.9. The van der Waals surface area contributed by atoms with Crippen LogP contribution in [0.3, 0.4) is 0 Å². The number of phosphoric acid groups is 1. The van der Waals surface area contributed by atoms with Gasteiger partial charge in [0, 0.05) is 12.8 Å². The van der Waals surface area contributed by atoms with Crippen molar-refractivity contribution >= 4 is 19.8 Å². The van der Waals surface area contributed by atoms with E-state index >= 15 is 0 Å². The molecule has 0 aliphatic carbocycles. The van der Waals surface area contributed by atoms with Crippen LogP contribution < -0.4 is 0 Å². The molecule has 0 saturated heterocycles. The summed E-state index contributed by atoms with van der Waals surface area (Å²) in [6.45, 7) is 4.40. The largest absolute Gasteiger partial charge is 0.472 e. The van der Waals surface area contributed by atoms with Crippen LogP contribution in [-0.4, -0.2) is 74.9 Å². The molecule has 2 atom stereocenters. The van der Waals surface area contributed by atoms with Gasteiger partial charge in [0.25, 0.3) is 0 Å². The Morgan fingerprint density at radius 2 is 0.746 bits per heavy atom. The lowest BCUT2D eigenvalue weighted by atomic mass is 10.0. The number of carbonyl (C=O) groups is 2. The topological polar surface area (TPSA) is 108 Å². The number of ether oxygens (including phenoxy) is 2. The minimum atomic E-state index is -4.38. The van der Waals surface area contributed by atoms with Crippen molar-refractivity contribution in [1.82, 2.24) is 0 Å². The third-order valence-electron chi connectivity index (χ3n) is 14.0. The molecule has 0 bridgehead atoms. The lowest BCUT2D eigenvalue weighted by Gasteiger charge is -2.24. The summed E-state index contributed by atoms with van der Waals surface area (Å²) in [4.78, 5) is 35.5. The van der Waals surface area contributed by atoms with Crippen LogP contribution >= 0.6 is 7.82 Å². The molecule has 1 N–H and O–H groups in total. The summed E-state index contributed by atoms with van der Waals surface area (Å²) in [5.74, 6) is -0.795. The number of allylic oxidation sites excluding steroid dienone is 2. The maximum Gasteiger partial charge on any atom is 0.472 e. The standard InChI is InChI=1S/C61H120NO8P/c1-6-8-10-12-14-16-18-19-20-21-22-23-24-25-26-27-28-29-30-31-32-33-34-35-36-37-38-39-40-41-42-43-44-46-47-49-51-53-60(63)67-57-59(58-69-71(65,66)68-56-55-62(3,4)5)70-61(64)54-52-50-48-45-17-15-13-11-9-7-2/h11,13,59H,6-10,12,14-58H2,1-5H3/p+1/b13-11-. The number of nitrogens with zero attached hydrogens (tertiary/aromatic N) is 1. The number of carbonyl (C=O) groups excluding carboxylic acids is 2. The van der Waals surface area contributed by atoms with Crippen molar-refractivity contribution in [2.45, 2.75) is 322 Å². The highest BCUT2D eigenvalue weighted by atomic mass is 31.2. The van der Waals surface area contributed by atoms with E-state index in [2.05, 4.69) is 26.0 Å². The number of unbranched alkanes of at least 4 members (excludes halogenated alkanes) is 42. The highest BCUT2D eigenvalue weighted by Gasteiger charge is 2.27. The highest BCUT2D eigenvalue weighted by Crippen LogP contribution is 2.43. The molecule has 0 fully saturated rings. The van der Waals surface area contributed by atoms with Crippen LogP contribution in [0, 0.1) is 0 Å². The van der Waals surface area contributed by atoms with Crippen LogP contribution in [0.5, 0.6) is 0 Å². The molecule has 0 spiro atoms. The summed E-state index contributed by atoms with van der Waals surface area (Å²) in [5.41, 5.74) is 0. The van der Waals surface area contributed by atoms with Crippen molar-refractivity contribution in [3.05, 3.63) is 12.2 Å². The monoisotopic (exact) mass is 1030 g/mol. The second-order valence-corrected chi connectivity index (χ2v) is 23.9. The molecular weight excluding hydrogens is 906 g/mol. The van der Waals surface area contributed by atoms with Crippen molar-refractivity contribution < 1.29 is 42.1 Å². The normalized spacial score (nSPS) is 13.3. The van der Waals surface area contributed by atoms with Crippen LogP contribution in [0.15, 0.2) is 12.2 Å². The molecule has 0 radical (unpaired) electrons. The zero-order chi connectivity index (χ0) is 52.0. The van der Waals surface area contributed by atoms with E-state index in [1.54, 1.807) is 0 Å². The average Bonchev–Trinajstić information content (AvgIpc) is 3.33. The molecule has 0 aliphatic rings. The summed E-state index contributed by atoms with van der Waals surface area (Å²) in [6.07, 6.45) is 63.5. The van der Waals surface area contributed by atoms with Crippen LogP contribution in [0.4, 0.5) is 0 Å². The van der Waals surface area contributed by atoms with E-state index in [9.17, 15) is 19.0 Å². The van der Waals surface area contributed by atoms with Crippen molar-refractivity contribution in [3.63, 3.8) is 0 Å². The molecule has 0 saturated carbocycles. The fourth-order valence-corrected chi connectivity index (χ4v) is 10.00. The first kappa shape index (κ1) is 69.8. The first-order valence-electron chi connectivity index (χ1n) is 30.9. The Morgan fingerprint density at radius 3 is 1.10 bits per heavy atom. The van der Waals surface area contributed by atoms with Gasteiger partial charge in [-0.25, -0.2) is 4.57 Å². The average molecular weight is 1030 g/mol. The summed E-state index contributed by atoms with van der Waals surface area (Å²) in [7, 11) is 1.49. The zero-order valence-corrected chi connectivity index (χ0v) is 48.9. The minimum absolute atomic E-state index is 0.0333. The van der Waals surface area contributed by atoms with E-state index in [0.29, 0.717) is 23.9 Å². The van der Waals surface area contributed by atoms with Gasteiger partial charge in [-0.05, 0) is 32.1 Å². The molecule has 0 aromatic heterocycles. The molecule has 0 aliphatic heterocycles. The lowest BCUT2D eigenvalue weighted by molar-refractivity contribution is -0.870. The van der Waals surface area contributed by atoms with Gasteiger partial charge in [0.05, 0.1) is 27.7 Å². The molecule has 422 valence electrons. The van der Waals surface area contributed by atoms with Gasteiger partial charge in [-0.3, -0.25) is 18.6 Å². The van der Waals surface area contributed by atoms with Crippen LogP contribution in [0.2, 0.25) is 0 Å². The van der Waals surface area contributed by atoms with Crippen molar-refractivity contribution in [1.29, 1.82) is 0 Å². The zero-order valence-electron chi connectivity index (χ0n) is 48.0. The van der Waals surface area contributed by atoms with Crippen molar-refractivity contribution in [2.24, 2.45) is 0 Å². The third-order valence-corrected chi connectivity index (χ3v) is 15.0. The number of phosphoric ester groups is 1. The number of hydrogen-bond acceptors (Lipinski definition) is 7. The van der Waals surface area contributed by atoms with E-state index in [1.165, 1.54) is 225 Å². The Hall–Kier alpha value is -1.25. The summed E-state index contributed by atoms with van der Waals surface area (Å²) in [6, 6.07) is 0. The van der Waals surface area contributed by atoms with Gasteiger partial charge in [0.15, 0.2) is 6.10 Å². The lowest BCUT2D eigenvalue weighted by Crippen LogP contribution is -2.37. The molecule has 2 unspecified atom stereocenters. The Kier molecular flexibility index (Phi) is 52.6. The predicted octanol–water partition coefficient (Wildman–Crippen LogP) is 19.2. The quantitative estimate of drug-likeness (QED) is 0.0211. The van der Waals surface area contributed by atoms with Gasteiger partial charge in [0.1, 0.15) is 19.8 Å². The summed E-state index contributed by atoms with van der Waals surface area (Å²) < 4.78 is 34.4. The fraction of sp³-hybridized carbons (Fsp3) is 0.934. The molecule has 0 aromatic rings. The van der Waals surface area contributed by atoms with Gasteiger partial charge in [-0.2, -0.15) is 0 Å². The molecular formula is C61H121NO8P+. The van der Waals surface area contributed by atoms with Gasteiger partial charge in [-0.1, -0.05) is 283 Å². The van der Waals surface area contributed by atoms with E-state index in [-0.39, 0.29) is 25.6 Å². The second kappa shape index (κ2) is 53.6. The van der Waals surface area contributed by atoms with Crippen molar-refractivity contribution in [3.8, 4) is 0 Å². The maximum atomic E-state index is 12.7. The molecule has 10 heteroatoms. The molecule has 0 heterocycles. The summed E-state index contributed by atoms with van der Waals surface area (Å²) in [5, 5.41) is 0. The summed E-state index contributed by atoms with van der Waals surface area (Å²) >= 11 is 0. The van der Waals surface area contributed by atoms with E-state index in [4.69, 9.17) is 18.5 Å². The molecule has 0 amide bonds. The Bertz CT molecular complexity index is 1210. The molecule has 0 aromatic carbocycles. The molecule has 9 nitrogen and oxygen atoms in total. The number of quaternary nitrogens is 1. The second-order valence-electron chi connectivity index (χ2n) is 22.5. The van der Waals surface area contributed by atoms with Gasteiger partial charge in [-0.15, -0.1) is 0 Å². The number of likely N-dealkylation sites (N-methyl/N-ethyl adjacent to an activating group) is 1. The van der Waals surface area contributed by atoms with Crippen molar-refractivity contribution in [2.75, 3.05) is 47.5 Å². The van der Waals surface area contributed by atoms with E-state index in [1.807, 2.05) is 21.1 Å². The van der Waals surface area contributed by atoms with Crippen LogP contribution in [-0.2, 0) is 32.7 Å². The first-order chi connectivity index (χ1) is 34.5. The van der Waals surface area contributed by atoms with Gasteiger partial charge >= 0.3 is 19.8 Å². The highest BCUT2D eigenvalue weighted by molar-refractivity contribution is 7.47. The first-order valence-corrected chi connectivity index (χ1v) is 32.4. The maximum absolute atomic E-state index is 12.7. The number of esters is 2. The van der Waals surface area contributed by atoms with Crippen LogP contribution in [0.1, 0.15) is 316 Å². The Labute approximate surface area is 441 Å². The SMILES string of the molecule is CCC/C=C\CCCCCCCC(=O)OC(COC(=O)CCCCCCCCCCCCCCCCCCCCCCCCCCCCCCCCCCCCCCC)COP(=O)(O)OCC[N+](C)(C)C. The Morgan fingerprint density at radius 1 is 0.423 bits per heavy atom. The predicted molar refractivity (Wildman–Crippen MR) is 303 cm³/mol. The molecule has 0 rings (SSSR count). The van der Waals surface area contributed by atoms with E-state index < -0.39 is 26.5 Å². The number of rotatable bonds is 58. The number of hydrogen-bond donors (Lipinski definition) is 1. The van der Waals surface area contributed by atoms with E-state index in [0.717, 1.165) is 57.8 Å². The smallest absolute Gasteiger partial charge is 0.462 e. The fourth-order valence-electron chi connectivity index (χ4n) is 9.26. The Balaban J connectivity index is 3.78.